The van der Waals surface area contributed by atoms with E-state index in [-0.39, 0.29) is 11.6 Å². The van der Waals surface area contributed by atoms with E-state index in [4.69, 9.17) is 5.21 Å². The maximum absolute atomic E-state index is 10.7. The van der Waals surface area contributed by atoms with E-state index in [9.17, 15) is 10.0 Å². The second kappa shape index (κ2) is 4.52. The zero-order chi connectivity index (χ0) is 10.7. The molecule has 0 aliphatic rings. The Morgan fingerprint density at radius 3 is 2.71 bits per heavy atom. The van der Waals surface area contributed by atoms with Gasteiger partial charge < -0.3 is 10.5 Å². The molecule has 0 bridgehead atoms. The van der Waals surface area contributed by atoms with Gasteiger partial charge in [0, 0.05) is 18.7 Å². The Morgan fingerprint density at radius 2 is 2.29 bits per heavy atom. The van der Waals surface area contributed by atoms with Crippen LogP contribution in [0.4, 0.5) is 11.4 Å². The van der Waals surface area contributed by atoms with E-state index in [0.29, 0.717) is 10.2 Å². The maximum Gasteiger partial charge on any atom is 0.221 e. The molecule has 3 N–H and O–H groups in total. The van der Waals surface area contributed by atoms with Crippen LogP contribution in [0.1, 0.15) is 6.92 Å². The number of hydrogen-bond acceptors (Lipinski definition) is 3. The van der Waals surface area contributed by atoms with E-state index in [1.54, 1.807) is 6.07 Å². The van der Waals surface area contributed by atoms with Crippen LogP contribution in [0.2, 0.25) is 0 Å². The first-order valence-electron chi connectivity index (χ1n) is 3.81. The van der Waals surface area contributed by atoms with Gasteiger partial charge in [0.1, 0.15) is 0 Å². The van der Waals surface area contributed by atoms with Crippen molar-refractivity contribution in [2.75, 3.05) is 5.32 Å². The lowest BCUT2D eigenvalue weighted by atomic mass is 10.3. The number of rotatable bonds is 2. The van der Waals surface area contributed by atoms with Crippen molar-refractivity contribution in [3.63, 3.8) is 0 Å². The Balaban J connectivity index is 2.94. The van der Waals surface area contributed by atoms with E-state index in [0.717, 1.165) is 0 Å². The molecule has 1 amide bonds. The molecule has 1 unspecified atom stereocenters. The number of halogens is 1. The third-order valence-electron chi connectivity index (χ3n) is 1.52. The van der Waals surface area contributed by atoms with Gasteiger partial charge in [0.05, 0.1) is 4.47 Å². The molecule has 1 aromatic carbocycles. The predicted molar refractivity (Wildman–Crippen MR) is 54.2 cm³/mol. The molecule has 0 aromatic heterocycles. The average molecular weight is 261 g/mol. The molecule has 1 atom stereocenters. The highest BCUT2D eigenvalue weighted by Crippen LogP contribution is 2.22. The lowest BCUT2D eigenvalue weighted by Gasteiger charge is -2.13. The van der Waals surface area contributed by atoms with E-state index >= 15 is 0 Å². The summed E-state index contributed by atoms with van der Waals surface area (Å²) in [6.45, 7) is 1.39. The SMILES string of the molecule is CC(=O)Nc1ccc([NH+]([O-])O)c(Br)c1. The minimum absolute atomic E-state index is 0.166. The molecule has 0 radical (unpaired) electrons. The minimum Gasteiger partial charge on any atom is -0.595 e. The molecule has 5 nitrogen and oxygen atoms in total. The van der Waals surface area contributed by atoms with E-state index < -0.39 is 5.23 Å². The third kappa shape index (κ3) is 2.78. The highest BCUT2D eigenvalue weighted by molar-refractivity contribution is 9.10. The zero-order valence-corrected chi connectivity index (χ0v) is 8.96. The fraction of sp³-hybridized carbons (Fsp3) is 0.125. The number of quaternary nitrogens is 1. The van der Waals surface area contributed by atoms with Crippen molar-refractivity contribution in [2.45, 2.75) is 6.92 Å². The molecule has 6 heteroatoms. The van der Waals surface area contributed by atoms with Crippen molar-refractivity contribution < 1.29 is 15.2 Å². The summed E-state index contributed by atoms with van der Waals surface area (Å²) in [4.78, 5) is 10.7. The Labute approximate surface area is 89.0 Å². The summed E-state index contributed by atoms with van der Waals surface area (Å²) in [5.41, 5.74) is 0.730. The summed E-state index contributed by atoms with van der Waals surface area (Å²) in [5, 5.41) is 20.9. The van der Waals surface area contributed by atoms with E-state index in [1.807, 2.05) is 0 Å². The van der Waals surface area contributed by atoms with Gasteiger partial charge >= 0.3 is 0 Å². The zero-order valence-electron chi connectivity index (χ0n) is 7.37. The number of anilines is 1. The summed E-state index contributed by atoms with van der Waals surface area (Å²) in [6.07, 6.45) is 0. The Kier molecular flexibility index (Phi) is 3.59. The van der Waals surface area contributed by atoms with Crippen molar-refractivity contribution in [3.8, 4) is 0 Å². The van der Waals surface area contributed by atoms with Crippen LogP contribution >= 0.6 is 15.9 Å². The van der Waals surface area contributed by atoms with Gasteiger partial charge in [-0.1, -0.05) is 0 Å². The summed E-state index contributed by atoms with van der Waals surface area (Å²) in [6, 6.07) is 4.51. The van der Waals surface area contributed by atoms with Gasteiger partial charge in [-0.05, 0) is 28.1 Å². The summed E-state index contributed by atoms with van der Waals surface area (Å²) in [7, 11) is 0. The summed E-state index contributed by atoms with van der Waals surface area (Å²) >= 11 is 3.11. The van der Waals surface area contributed by atoms with Crippen LogP contribution in [0.15, 0.2) is 22.7 Å². The molecule has 76 valence electrons. The van der Waals surface area contributed by atoms with Crippen molar-refractivity contribution in [1.29, 1.82) is 0 Å². The first-order valence-corrected chi connectivity index (χ1v) is 4.60. The Morgan fingerprint density at radius 1 is 1.64 bits per heavy atom. The lowest BCUT2D eigenvalue weighted by molar-refractivity contribution is -0.991. The molecule has 0 saturated heterocycles. The molecule has 0 aliphatic heterocycles. The normalized spacial score (nSPS) is 12.3. The fourth-order valence-electron chi connectivity index (χ4n) is 0.970. The second-order valence-corrected chi connectivity index (χ2v) is 3.54. The molecule has 0 saturated carbocycles. The fourth-order valence-corrected chi connectivity index (χ4v) is 1.52. The number of amides is 1. The van der Waals surface area contributed by atoms with Gasteiger partial charge in [0.25, 0.3) is 0 Å². The average Bonchev–Trinajstić information content (AvgIpc) is 2.01. The standard InChI is InChI=1S/C8H9BrN2O3/c1-5(12)10-6-2-3-8(11(13)14)7(9)4-6/h2-4,11,13H,1H3,(H,10,12). The molecule has 14 heavy (non-hydrogen) atoms. The predicted octanol–water partition coefficient (Wildman–Crippen LogP) is 0.811. The van der Waals surface area contributed by atoms with Gasteiger partial charge in [-0.25, -0.2) is 5.21 Å². The van der Waals surface area contributed by atoms with Crippen LogP contribution in [0.5, 0.6) is 0 Å². The van der Waals surface area contributed by atoms with Crippen molar-refractivity contribution >= 4 is 33.2 Å². The lowest BCUT2D eigenvalue weighted by Crippen LogP contribution is -2.99. The quantitative estimate of drug-likeness (QED) is 0.689. The highest BCUT2D eigenvalue weighted by Gasteiger charge is 2.07. The number of benzene rings is 1. The maximum atomic E-state index is 10.7. The van der Waals surface area contributed by atoms with Crippen LogP contribution in [-0.4, -0.2) is 11.1 Å². The second-order valence-electron chi connectivity index (χ2n) is 2.68. The third-order valence-corrected chi connectivity index (χ3v) is 2.18. The van der Waals surface area contributed by atoms with Crippen molar-refractivity contribution in [1.82, 2.24) is 0 Å². The molecule has 0 aliphatic carbocycles. The summed E-state index contributed by atoms with van der Waals surface area (Å²) in [5.74, 6) is -0.194. The molecule has 0 heterocycles. The molecule has 1 rings (SSSR count). The van der Waals surface area contributed by atoms with Gasteiger partial charge in [0.15, 0.2) is 5.69 Å². The monoisotopic (exact) mass is 260 g/mol. The highest BCUT2D eigenvalue weighted by atomic mass is 79.9. The Bertz CT molecular complexity index is 354. The molecular formula is C8H9BrN2O3. The number of carbonyl (C=O) groups is 1. The van der Waals surface area contributed by atoms with Crippen LogP contribution in [0.25, 0.3) is 0 Å². The molecular weight excluding hydrogens is 252 g/mol. The smallest absolute Gasteiger partial charge is 0.221 e. The van der Waals surface area contributed by atoms with Crippen molar-refractivity contribution in [3.05, 3.63) is 27.9 Å². The van der Waals surface area contributed by atoms with Gasteiger partial charge in [0.2, 0.25) is 5.91 Å². The van der Waals surface area contributed by atoms with E-state index in [1.165, 1.54) is 19.1 Å². The first-order chi connectivity index (χ1) is 6.50. The van der Waals surface area contributed by atoms with Crippen molar-refractivity contribution in [2.24, 2.45) is 0 Å². The van der Waals surface area contributed by atoms with Crippen LogP contribution < -0.4 is 10.5 Å². The minimum atomic E-state index is -1.01. The number of hydrogen-bond donors (Lipinski definition) is 3. The largest absolute Gasteiger partial charge is 0.595 e. The van der Waals surface area contributed by atoms with Crippen LogP contribution in [0.3, 0.4) is 0 Å². The van der Waals surface area contributed by atoms with Crippen LogP contribution in [0, 0.1) is 5.21 Å². The van der Waals surface area contributed by atoms with Gasteiger partial charge in [-0.2, -0.15) is 5.23 Å². The Hall–Kier alpha value is -0.950. The molecule has 0 fully saturated rings. The molecule has 1 aromatic rings. The van der Waals surface area contributed by atoms with E-state index in [2.05, 4.69) is 21.2 Å². The van der Waals surface area contributed by atoms with Gasteiger partial charge in [-0.15, -0.1) is 0 Å². The first kappa shape index (κ1) is 11.1. The van der Waals surface area contributed by atoms with Gasteiger partial charge in [-0.3, -0.25) is 4.79 Å². The topological polar surface area (TPSA) is 76.8 Å². The van der Waals surface area contributed by atoms with Crippen LogP contribution in [-0.2, 0) is 4.79 Å². The number of carbonyl (C=O) groups excluding carboxylic acids is 1. The number of nitrogens with one attached hydrogen (secondary N) is 2. The molecule has 0 spiro atoms. The summed E-state index contributed by atoms with van der Waals surface area (Å²) < 4.78 is 0.441.